The van der Waals surface area contributed by atoms with Gasteiger partial charge in [0.2, 0.25) is 0 Å². The normalized spacial score (nSPS) is 11.7. The van der Waals surface area contributed by atoms with Gasteiger partial charge in [0.25, 0.3) is 15.6 Å². The van der Waals surface area contributed by atoms with Gasteiger partial charge in [0, 0.05) is 7.05 Å². The van der Waals surface area contributed by atoms with Crippen LogP contribution in [0.5, 0.6) is 0 Å². The van der Waals surface area contributed by atoms with Crippen molar-refractivity contribution in [1.82, 2.24) is 9.36 Å². The van der Waals surface area contributed by atoms with Crippen LogP contribution in [0, 0.1) is 13.8 Å². The molecule has 0 spiro atoms. The number of para-hydroxylation sites is 1. The molecule has 31 heavy (non-hydrogen) atoms. The molecule has 164 valence electrons. The summed E-state index contributed by atoms with van der Waals surface area (Å²) in [4.78, 5) is 24.5. The van der Waals surface area contributed by atoms with Crippen LogP contribution in [-0.2, 0) is 17.1 Å². The lowest BCUT2D eigenvalue weighted by atomic mass is 10.1. The Hall–Kier alpha value is -3.33. The molecule has 3 rings (SSSR count). The van der Waals surface area contributed by atoms with E-state index in [2.05, 4.69) is 4.72 Å². The maximum Gasteiger partial charge on any atom is 0.335 e. The Kier molecular flexibility index (Phi) is 5.82. The summed E-state index contributed by atoms with van der Waals surface area (Å²) in [5.41, 5.74) is 1.36. The summed E-state index contributed by atoms with van der Waals surface area (Å²) in [6, 6.07) is 11.4. The van der Waals surface area contributed by atoms with Crippen LogP contribution >= 0.6 is 0 Å². The molecule has 0 amide bonds. The first-order valence-electron chi connectivity index (χ1n) is 9.70. The SMILES string of the molecule is Cc1cc(C(=O)O)cc(S(=O)(=O)Nc2c(C(C)C)n(C)n(-c3ccccc3)c2=O)c1C. The van der Waals surface area contributed by atoms with E-state index in [-0.39, 0.29) is 22.1 Å². The van der Waals surface area contributed by atoms with Crippen molar-refractivity contribution < 1.29 is 18.3 Å². The molecule has 0 unspecified atom stereocenters. The number of carboxylic acids is 1. The molecule has 2 aromatic carbocycles. The molecule has 0 saturated carbocycles. The Morgan fingerprint density at radius 3 is 2.26 bits per heavy atom. The number of hydrogen-bond donors (Lipinski definition) is 2. The highest BCUT2D eigenvalue weighted by Gasteiger charge is 2.27. The summed E-state index contributed by atoms with van der Waals surface area (Å²) in [5, 5.41) is 9.33. The van der Waals surface area contributed by atoms with Gasteiger partial charge in [-0.3, -0.25) is 14.2 Å². The number of nitrogens with zero attached hydrogens (tertiary/aromatic N) is 2. The van der Waals surface area contributed by atoms with Crippen LogP contribution in [0.4, 0.5) is 5.69 Å². The van der Waals surface area contributed by atoms with Crippen LogP contribution in [0.3, 0.4) is 0 Å². The number of aromatic nitrogens is 2. The summed E-state index contributed by atoms with van der Waals surface area (Å²) in [6.07, 6.45) is 0. The van der Waals surface area contributed by atoms with Crippen LogP contribution in [0.2, 0.25) is 0 Å². The minimum absolute atomic E-state index is 0.0564. The van der Waals surface area contributed by atoms with Gasteiger partial charge in [0.05, 0.1) is 21.8 Å². The van der Waals surface area contributed by atoms with E-state index in [0.29, 0.717) is 22.5 Å². The fourth-order valence-corrected chi connectivity index (χ4v) is 5.07. The second-order valence-electron chi connectivity index (χ2n) is 7.72. The van der Waals surface area contributed by atoms with Crippen LogP contribution in [0.15, 0.2) is 52.2 Å². The Morgan fingerprint density at radius 1 is 1.10 bits per heavy atom. The molecule has 0 bridgehead atoms. The monoisotopic (exact) mass is 443 g/mol. The molecule has 0 atom stereocenters. The third-order valence-corrected chi connectivity index (χ3v) is 6.73. The Morgan fingerprint density at radius 2 is 1.71 bits per heavy atom. The molecule has 0 aliphatic rings. The van der Waals surface area contributed by atoms with Crippen LogP contribution in [-0.4, -0.2) is 28.9 Å². The van der Waals surface area contributed by atoms with Crippen molar-refractivity contribution in [1.29, 1.82) is 0 Å². The molecule has 8 nitrogen and oxygen atoms in total. The number of carboxylic acid groups (broad SMARTS) is 1. The van der Waals surface area contributed by atoms with Gasteiger partial charge in [-0.2, -0.15) is 0 Å². The lowest BCUT2D eigenvalue weighted by Crippen LogP contribution is -2.23. The minimum Gasteiger partial charge on any atom is -0.478 e. The standard InChI is InChI=1S/C22H25N3O5S/c1-13(2)20-19(21(26)25(24(20)5)17-9-7-6-8-10-17)23-31(29,30)18-12-16(22(27)28)11-14(3)15(18)4/h6-13,23H,1-5H3,(H,27,28). The molecular formula is C22H25N3O5S. The van der Waals surface area contributed by atoms with Crippen molar-refractivity contribution in [3.63, 3.8) is 0 Å². The van der Waals surface area contributed by atoms with Gasteiger partial charge >= 0.3 is 5.97 Å². The molecule has 0 aliphatic carbocycles. The first-order valence-corrected chi connectivity index (χ1v) is 11.2. The number of aromatic carboxylic acids is 1. The summed E-state index contributed by atoms with van der Waals surface area (Å²) < 4.78 is 32.0. The number of rotatable bonds is 6. The van der Waals surface area contributed by atoms with E-state index in [9.17, 15) is 23.1 Å². The highest BCUT2D eigenvalue weighted by atomic mass is 32.2. The molecule has 1 aromatic heterocycles. The third-order valence-electron chi connectivity index (χ3n) is 5.25. The van der Waals surface area contributed by atoms with Gasteiger partial charge in [-0.15, -0.1) is 0 Å². The zero-order valence-corrected chi connectivity index (χ0v) is 18.8. The lowest BCUT2D eigenvalue weighted by Gasteiger charge is -2.15. The molecule has 1 heterocycles. The molecule has 0 saturated heterocycles. The van der Waals surface area contributed by atoms with E-state index in [1.807, 2.05) is 19.9 Å². The van der Waals surface area contributed by atoms with Crippen molar-refractivity contribution in [3.05, 3.63) is 75.2 Å². The van der Waals surface area contributed by atoms with Crippen LogP contribution < -0.4 is 10.3 Å². The Labute approximate surface area is 180 Å². The van der Waals surface area contributed by atoms with Crippen molar-refractivity contribution in [2.24, 2.45) is 7.05 Å². The average molecular weight is 444 g/mol. The molecule has 3 aromatic rings. The summed E-state index contributed by atoms with van der Waals surface area (Å²) >= 11 is 0. The molecule has 0 aliphatic heterocycles. The second kappa shape index (κ2) is 8.07. The average Bonchev–Trinajstić information content (AvgIpc) is 2.93. The smallest absolute Gasteiger partial charge is 0.335 e. The van der Waals surface area contributed by atoms with Crippen molar-refractivity contribution >= 4 is 21.7 Å². The maximum atomic E-state index is 13.3. The summed E-state index contributed by atoms with van der Waals surface area (Å²) in [5.74, 6) is -1.39. The van der Waals surface area contributed by atoms with E-state index in [1.54, 1.807) is 49.8 Å². The first-order chi connectivity index (χ1) is 14.5. The zero-order chi connectivity index (χ0) is 23.1. The predicted molar refractivity (Wildman–Crippen MR) is 119 cm³/mol. The number of sulfonamides is 1. The van der Waals surface area contributed by atoms with E-state index in [0.717, 1.165) is 6.07 Å². The number of carbonyl (C=O) groups is 1. The quantitative estimate of drug-likeness (QED) is 0.607. The van der Waals surface area contributed by atoms with Gasteiger partial charge in [-0.05, 0) is 55.2 Å². The van der Waals surface area contributed by atoms with Gasteiger partial charge in [-0.1, -0.05) is 32.0 Å². The largest absolute Gasteiger partial charge is 0.478 e. The first kappa shape index (κ1) is 22.4. The predicted octanol–water partition coefficient (Wildman–Crippen LogP) is 3.42. The second-order valence-corrected chi connectivity index (χ2v) is 9.37. The van der Waals surface area contributed by atoms with Crippen molar-refractivity contribution in [2.45, 2.75) is 38.5 Å². The van der Waals surface area contributed by atoms with Gasteiger partial charge in [-0.25, -0.2) is 17.9 Å². The van der Waals surface area contributed by atoms with Crippen LogP contribution in [0.1, 0.15) is 46.9 Å². The maximum absolute atomic E-state index is 13.3. The molecule has 0 radical (unpaired) electrons. The van der Waals surface area contributed by atoms with Crippen molar-refractivity contribution in [2.75, 3.05) is 4.72 Å². The number of hydrogen-bond acceptors (Lipinski definition) is 4. The number of aryl methyl sites for hydroxylation is 1. The third kappa shape index (κ3) is 4.00. The Bertz CT molecular complexity index is 1320. The fraction of sp³-hybridized carbons (Fsp3) is 0.273. The number of nitrogens with one attached hydrogen (secondary N) is 1. The van der Waals surface area contributed by atoms with E-state index in [4.69, 9.17) is 0 Å². The molecule has 9 heteroatoms. The molecule has 2 N–H and O–H groups in total. The molecule has 0 fully saturated rings. The van der Waals surface area contributed by atoms with E-state index < -0.39 is 21.6 Å². The summed E-state index contributed by atoms with van der Waals surface area (Å²) in [7, 11) is -2.53. The van der Waals surface area contributed by atoms with Gasteiger partial charge in [0.15, 0.2) is 0 Å². The lowest BCUT2D eigenvalue weighted by molar-refractivity contribution is 0.0696. The molecular weight excluding hydrogens is 418 g/mol. The number of anilines is 1. The van der Waals surface area contributed by atoms with Gasteiger partial charge < -0.3 is 5.11 Å². The van der Waals surface area contributed by atoms with E-state index >= 15 is 0 Å². The highest BCUT2D eigenvalue weighted by Crippen LogP contribution is 2.28. The number of benzene rings is 2. The van der Waals surface area contributed by atoms with Crippen LogP contribution in [0.25, 0.3) is 5.69 Å². The summed E-state index contributed by atoms with van der Waals surface area (Å²) in [6.45, 7) is 6.97. The topological polar surface area (TPSA) is 110 Å². The zero-order valence-electron chi connectivity index (χ0n) is 18.0. The van der Waals surface area contributed by atoms with Crippen molar-refractivity contribution in [3.8, 4) is 5.69 Å². The van der Waals surface area contributed by atoms with Gasteiger partial charge in [0.1, 0.15) is 5.69 Å². The minimum atomic E-state index is -4.23. The fourth-order valence-electron chi connectivity index (χ4n) is 3.66. The highest BCUT2D eigenvalue weighted by molar-refractivity contribution is 7.92. The van der Waals surface area contributed by atoms with E-state index in [1.165, 1.54) is 10.7 Å². The Balaban J connectivity index is 2.22.